The molecule has 0 N–H and O–H groups in total. The van der Waals surface area contributed by atoms with Crippen molar-refractivity contribution in [3.05, 3.63) is 28.4 Å². The van der Waals surface area contributed by atoms with E-state index in [-0.39, 0.29) is 17.7 Å². The third kappa shape index (κ3) is 5.30. The van der Waals surface area contributed by atoms with Crippen molar-refractivity contribution in [2.45, 2.75) is 39.2 Å². The van der Waals surface area contributed by atoms with Crippen LogP contribution in [0.1, 0.15) is 33.6 Å². The summed E-state index contributed by atoms with van der Waals surface area (Å²) in [5, 5.41) is 11.2. The largest absolute Gasteiger partial charge is 0.444 e. The lowest BCUT2D eigenvalue weighted by atomic mass is 9.98. The molecular weight excluding hydrogens is 324 g/mol. The van der Waals surface area contributed by atoms with Gasteiger partial charge in [0, 0.05) is 38.9 Å². The molecular formula is C17H26N4O4. The number of carbonyl (C=O) groups excluding carboxylic acids is 1. The van der Waals surface area contributed by atoms with Gasteiger partial charge in [0.1, 0.15) is 5.60 Å². The third-order valence-corrected chi connectivity index (χ3v) is 4.03. The second-order valence-corrected chi connectivity index (χ2v) is 7.42. The van der Waals surface area contributed by atoms with E-state index >= 15 is 0 Å². The van der Waals surface area contributed by atoms with E-state index in [4.69, 9.17) is 4.74 Å². The van der Waals surface area contributed by atoms with E-state index in [9.17, 15) is 14.9 Å². The number of hydrogen-bond acceptors (Lipinski definition) is 6. The minimum absolute atomic E-state index is 0.00944. The van der Waals surface area contributed by atoms with E-state index in [0.717, 1.165) is 12.8 Å². The van der Waals surface area contributed by atoms with Crippen molar-refractivity contribution >= 4 is 17.6 Å². The summed E-state index contributed by atoms with van der Waals surface area (Å²) < 4.78 is 5.44. The molecule has 0 aromatic carbocycles. The van der Waals surface area contributed by atoms with Crippen LogP contribution in [0.25, 0.3) is 0 Å². The van der Waals surface area contributed by atoms with Crippen LogP contribution in [-0.4, -0.2) is 53.2 Å². The Morgan fingerprint density at radius 2 is 2.24 bits per heavy atom. The summed E-state index contributed by atoms with van der Waals surface area (Å²) in [6.07, 6.45) is 3.10. The van der Waals surface area contributed by atoms with E-state index in [1.807, 2.05) is 20.8 Å². The molecule has 1 aromatic rings. The number of amides is 1. The normalized spacial score (nSPS) is 17.9. The topological polar surface area (TPSA) is 88.8 Å². The molecule has 1 aliphatic rings. The van der Waals surface area contributed by atoms with Crippen LogP contribution < -0.4 is 4.90 Å². The Morgan fingerprint density at radius 1 is 1.52 bits per heavy atom. The molecule has 25 heavy (non-hydrogen) atoms. The van der Waals surface area contributed by atoms with Crippen LogP contribution in [0.15, 0.2) is 18.3 Å². The minimum atomic E-state index is -0.518. The van der Waals surface area contributed by atoms with Gasteiger partial charge in [-0.2, -0.15) is 0 Å². The van der Waals surface area contributed by atoms with E-state index < -0.39 is 10.5 Å². The first-order valence-electron chi connectivity index (χ1n) is 8.46. The molecule has 0 aliphatic carbocycles. The maximum absolute atomic E-state index is 12.2. The molecule has 1 aromatic heterocycles. The summed E-state index contributed by atoms with van der Waals surface area (Å²) >= 11 is 0. The highest BCUT2D eigenvalue weighted by Crippen LogP contribution is 2.26. The molecule has 138 valence electrons. The molecule has 0 unspecified atom stereocenters. The summed E-state index contributed by atoms with van der Waals surface area (Å²) in [6, 6.07) is 3.01. The van der Waals surface area contributed by atoms with E-state index in [2.05, 4.69) is 4.98 Å². The number of carbonyl (C=O) groups is 1. The number of nitro groups is 1. The molecule has 0 bridgehead atoms. The highest BCUT2D eigenvalue weighted by atomic mass is 16.6. The van der Waals surface area contributed by atoms with Gasteiger partial charge in [-0.15, -0.1) is 0 Å². The highest BCUT2D eigenvalue weighted by molar-refractivity contribution is 5.68. The number of hydrogen-bond donors (Lipinski definition) is 0. The molecule has 2 heterocycles. The zero-order chi connectivity index (χ0) is 18.6. The molecule has 1 amide bonds. The van der Waals surface area contributed by atoms with Gasteiger partial charge >= 0.3 is 11.8 Å². The summed E-state index contributed by atoms with van der Waals surface area (Å²) in [5.41, 5.74) is -0.528. The van der Waals surface area contributed by atoms with Gasteiger partial charge in [0.25, 0.3) is 0 Å². The Hall–Kier alpha value is -2.38. The first-order valence-corrected chi connectivity index (χ1v) is 8.46. The standard InChI is InChI=1S/C17H26N4O4/c1-17(2,3)25-16(22)20-10-6-7-13(12-20)11-19(4)15-14(21(23)24)8-5-9-18-15/h5,8-9,13H,6-7,10-12H2,1-4H3/t13-/m1/s1. The Balaban J connectivity index is 2.01. The fourth-order valence-electron chi connectivity index (χ4n) is 3.01. The molecule has 0 spiro atoms. The first-order chi connectivity index (χ1) is 11.7. The van der Waals surface area contributed by atoms with Gasteiger partial charge in [-0.25, -0.2) is 9.78 Å². The molecule has 2 rings (SSSR count). The van der Waals surface area contributed by atoms with E-state index in [1.54, 1.807) is 29.1 Å². The molecule has 1 aliphatic heterocycles. The Morgan fingerprint density at radius 3 is 2.88 bits per heavy atom. The fraction of sp³-hybridized carbons (Fsp3) is 0.647. The number of aromatic nitrogens is 1. The van der Waals surface area contributed by atoms with Gasteiger partial charge in [0.15, 0.2) is 0 Å². The molecule has 1 atom stereocenters. The number of likely N-dealkylation sites (tertiary alicyclic amines) is 1. The average Bonchev–Trinajstić information content (AvgIpc) is 2.53. The maximum Gasteiger partial charge on any atom is 0.410 e. The second-order valence-electron chi connectivity index (χ2n) is 7.42. The predicted octanol–water partition coefficient (Wildman–Crippen LogP) is 3.07. The quantitative estimate of drug-likeness (QED) is 0.612. The molecule has 1 saturated heterocycles. The summed E-state index contributed by atoms with van der Waals surface area (Å²) in [6.45, 7) is 7.40. The number of piperidine rings is 1. The number of ether oxygens (including phenoxy) is 1. The van der Waals surface area contributed by atoms with Crippen molar-refractivity contribution in [1.29, 1.82) is 0 Å². The Kier molecular flexibility index (Phi) is 5.81. The van der Waals surface area contributed by atoms with Gasteiger partial charge in [0.05, 0.1) is 4.92 Å². The monoisotopic (exact) mass is 350 g/mol. The van der Waals surface area contributed by atoms with Crippen LogP contribution in [0, 0.1) is 16.0 Å². The SMILES string of the molecule is CN(C[C@H]1CCCN(C(=O)OC(C)(C)C)C1)c1ncccc1[N+](=O)[O-]. The van der Waals surface area contributed by atoms with Crippen molar-refractivity contribution < 1.29 is 14.5 Å². The average molecular weight is 350 g/mol. The van der Waals surface area contributed by atoms with Crippen LogP contribution in [-0.2, 0) is 4.74 Å². The van der Waals surface area contributed by atoms with Crippen LogP contribution in [0.3, 0.4) is 0 Å². The maximum atomic E-state index is 12.2. The van der Waals surface area contributed by atoms with E-state index in [1.165, 1.54) is 6.07 Å². The number of anilines is 1. The van der Waals surface area contributed by atoms with Gasteiger partial charge in [-0.05, 0) is 45.6 Å². The minimum Gasteiger partial charge on any atom is -0.444 e. The highest BCUT2D eigenvalue weighted by Gasteiger charge is 2.29. The molecule has 0 saturated carbocycles. The fourth-order valence-corrected chi connectivity index (χ4v) is 3.01. The number of nitrogens with zero attached hydrogens (tertiary/aromatic N) is 4. The van der Waals surface area contributed by atoms with Gasteiger partial charge in [0.2, 0.25) is 5.82 Å². The van der Waals surface area contributed by atoms with Crippen molar-refractivity contribution in [1.82, 2.24) is 9.88 Å². The lowest BCUT2D eigenvalue weighted by Crippen LogP contribution is -2.45. The zero-order valence-corrected chi connectivity index (χ0v) is 15.3. The van der Waals surface area contributed by atoms with Crippen molar-refractivity contribution in [3.8, 4) is 0 Å². The second kappa shape index (κ2) is 7.67. The number of rotatable bonds is 4. The van der Waals surface area contributed by atoms with Crippen molar-refractivity contribution in [2.75, 3.05) is 31.6 Å². The first kappa shape index (κ1) is 19.0. The third-order valence-electron chi connectivity index (χ3n) is 4.03. The van der Waals surface area contributed by atoms with Crippen LogP contribution >= 0.6 is 0 Å². The van der Waals surface area contributed by atoms with E-state index in [0.29, 0.717) is 25.5 Å². The summed E-state index contributed by atoms with van der Waals surface area (Å²) in [4.78, 5) is 30.6. The lowest BCUT2D eigenvalue weighted by molar-refractivity contribution is -0.384. The van der Waals surface area contributed by atoms with Crippen LogP contribution in [0.4, 0.5) is 16.3 Å². The van der Waals surface area contributed by atoms with Crippen molar-refractivity contribution in [3.63, 3.8) is 0 Å². The molecule has 8 heteroatoms. The summed E-state index contributed by atoms with van der Waals surface area (Å²) in [5.74, 6) is 0.565. The smallest absolute Gasteiger partial charge is 0.410 e. The lowest BCUT2D eigenvalue weighted by Gasteiger charge is -2.35. The van der Waals surface area contributed by atoms with Gasteiger partial charge in [-0.3, -0.25) is 10.1 Å². The zero-order valence-electron chi connectivity index (χ0n) is 15.3. The molecule has 0 radical (unpaired) electrons. The summed E-state index contributed by atoms with van der Waals surface area (Å²) in [7, 11) is 1.79. The van der Waals surface area contributed by atoms with Crippen molar-refractivity contribution in [2.24, 2.45) is 5.92 Å². The number of pyridine rings is 1. The Bertz CT molecular complexity index is 629. The predicted molar refractivity (Wildman–Crippen MR) is 94.7 cm³/mol. The van der Waals surface area contributed by atoms with Gasteiger partial charge < -0.3 is 14.5 Å². The van der Waals surface area contributed by atoms with Crippen LogP contribution in [0.2, 0.25) is 0 Å². The molecule has 1 fully saturated rings. The van der Waals surface area contributed by atoms with Crippen LogP contribution in [0.5, 0.6) is 0 Å². The van der Waals surface area contributed by atoms with Gasteiger partial charge in [-0.1, -0.05) is 0 Å². The Labute approximate surface area is 147 Å². The molecule has 8 nitrogen and oxygen atoms in total.